The smallest absolute Gasteiger partial charge is 0.229 e. The monoisotopic (exact) mass is 354 g/mol. The first-order valence-corrected chi connectivity index (χ1v) is 10.6. The van der Waals surface area contributed by atoms with Crippen molar-refractivity contribution in [3.05, 3.63) is 12.3 Å². The van der Waals surface area contributed by atoms with Crippen LogP contribution in [0.2, 0.25) is 0 Å². The molecule has 0 radical (unpaired) electrons. The lowest BCUT2D eigenvalue weighted by Gasteiger charge is -2.30. The van der Waals surface area contributed by atoms with Gasteiger partial charge in [0, 0.05) is 19.2 Å². The number of hydrogen-bond donors (Lipinski definition) is 1. The molecule has 1 aliphatic carbocycles. The summed E-state index contributed by atoms with van der Waals surface area (Å²) in [6.45, 7) is 0.769. The second kappa shape index (κ2) is 7.23. The van der Waals surface area contributed by atoms with Crippen LogP contribution in [-0.4, -0.2) is 47.8 Å². The zero-order chi connectivity index (χ0) is 17.2. The van der Waals surface area contributed by atoms with Crippen LogP contribution < -0.4 is 5.32 Å². The maximum atomic E-state index is 12.6. The highest BCUT2D eigenvalue weighted by molar-refractivity contribution is 7.88. The molecule has 1 atom stereocenters. The van der Waals surface area contributed by atoms with E-state index in [0.29, 0.717) is 19.0 Å². The van der Waals surface area contributed by atoms with Crippen molar-refractivity contribution in [2.75, 3.05) is 24.7 Å². The lowest BCUT2D eigenvalue weighted by Crippen LogP contribution is -2.43. The molecule has 24 heavy (non-hydrogen) atoms. The molecule has 8 heteroatoms. The van der Waals surface area contributed by atoms with E-state index in [1.807, 2.05) is 10.7 Å². The third-order valence-electron chi connectivity index (χ3n) is 5.07. The number of piperidine rings is 1. The largest absolute Gasteiger partial charge is 0.311 e. The third-order valence-corrected chi connectivity index (χ3v) is 6.34. The summed E-state index contributed by atoms with van der Waals surface area (Å²) in [7, 11) is -3.24. The minimum Gasteiger partial charge on any atom is -0.311 e. The predicted octanol–water partition coefficient (Wildman–Crippen LogP) is 2.00. The Balaban J connectivity index is 1.66. The molecule has 1 aromatic heterocycles. The van der Waals surface area contributed by atoms with E-state index >= 15 is 0 Å². The standard InChI is InChI=1S/C16H26N4O3S/c1-24(22,23)19-11-5-6-13(12-19)16(21)18-15-9-10-17-20(15)14-7-3-2-4-8-14/h9-10,13-14H,2-8,11-12H2,1H3,(H,18,21). The van der Waals surface area contributed by atoms with Gasteiger partial charge < -0.3 is 5.32 Å². The molecule has 2 heterocycles. The summed E-state index contributed by atoms with van der Waals surface area (Å²) in [6.07, 6.45) is 10.2. The van der Waals surface area contributed by atoms with Gasteiger partial charge >= 0.3 is 0 Å². The van der Waals surface area contributed by atoms with Crippen LogP contribution in [0.4, 0.5) is 5.82 Å². The maximum Gasteiger partial charge on any atom is 0.229 e. The second-order valence-electron chi connectivity index (χ2n) is 6.90. The van der Waals surface area contributed by atoms with Gasteiger partial charge in [-0.25, -0.2) is 17.4 Å². The number of anilines is 1. The van der Waals surface area contributed by atoms with E-state index in [4.69, 9.17) is 0 Å². The van der Waals surface area contributed by atoms with Crippen LogP contribution in [0.1, 0.15) is 51.0 Å². The van der Waals surface area contributed by atoms with Crippen LogP contribution in [0, 0.1) is 5.92 Å². The van der Waals surface area contributed by atoms with Crippen LogP contribution in [0.15, 0.2) is 12.3 Å². The van der Waals surface area contributed by atoms with Crippen LogP contribution in [0.3, 0.4) is 0 Å². The maximum absolute atomic E-state index is 12.6. The molecule has 1 saturated carbocycles. The van der Waals surface area contributed by atoms with Gasteiger partial charge in [0.25, 0.3) is 0 Å². The normalized spacial score (nSPS) is 24.0. The molecule has 0 spiro atoms. The molecular weight excluding hydrogens is 328 g/mol. The fourth-order valence-electron chi connectivity index (χ4n) is 3.72. The predicted molar refractivity (Wildman–Crippen MR) is 92.1 cm³/mol. The molecule has 0 bridgehead atoms. The first-order valence-electron chi connectivity index (χ1n) is 8.74. The number of rotatable bonds is 4. The molecule has 1 amide bonds. The summed E-state index contributed by atoms with van der Waals surface area (Å²) in [5, 5.41) is 7.36. The number of nitrogens with zero attached hydrogens (tertiary/aromatic N) is 3. The summed E-state index contributed by atoms with van der Waals surface area (Å²) in [4.78, 5) is 12.6. The molecule has 2 aliphatic rings. The first-order chi connectivity index (χ1) is 11.4. The van der Waals surface area contributed by atoms with Crippen LogP contribution in [0.25, 0.3) is 0 Å². The molecule has 0 aromatic carbocycles. The summed E-state index contributed by atoms with van der Waals surface area (Å²) in [5.74, 6) is 0.312. The SMILES string of the molecule is CS(=O)(=O)N1CCCC(C(=O)Nc2ccnn2C2CCCCC2)C1. The van der Waals surface area contributed by atoms with Gasteiger partial charge in [0.05, 0.1) is 24.4 Å². The Labute approximate surface area is 143 Å². The van der Waals surface area contributed by atoms with Crippen LogP contribution in [0.5, 0.6) is 0 Å². The van der Waals surface area contributed by atoms with Gasteiger partial charge in [0.2, 0.25) is 15.9 Å². The lowest BCUT2D eigenvalue weighted by molar-refractivity contribution is -0.120. The number of carbonyl (C=O) groups excluding carboxylic acids is 1. The Kier molecular flexibility index (Phi) is 5.24. The van der Waals surface area contributed by atoms with E-state index in [2.05, 4.69) is 10.4 Å². The summed E-state index contributed by atoms with van der Waals surface area (Å²) < 4.78 is 26.8. The molecule has 1 aliphatic heterocycles. The number of hydrogen-bond acceptors (Lipinski definition) is 4. The zero-order valence-corrected chi connectivity index (χ0v) is 15.0. The molecule has 134 valence electrons. The van der Waals surface area contributed by atoms with Gasteiger partial charge in [0.1, 0.15) is 5.82 Å². The minimum absolute atomic E-state index is 0.110. The van der Waals surface area contributed by atoms with Crippen molar-refractivity contribution in [1.82, 2.24) is 14.1 Å². The third kappa shape index (κ3) is 3.97. The molecule has 2 fully saturated rings. The molecule has 1 N–H and O–H groups in total. The van der Waals surface area contributed by atoms with Crippen LogP contribution in [-0.2, 0) is 14.8 Å². The average molecular weight is 354 g/mol. The quantitative estimate of drug-likeness (QED) is 0.896. The first kappa shape index (κ1) is 17.4. The average Bonchev–Trinajstić information content (AvgIpc) is 3.03. The molecule has 1 aromatic rings. The van der Waals surface area contributed by atoms with E-state index in [1.165, 1.54) is 29.8 Å². The van der Waals surface area contributed by atoms with Gasteiger partial charge in [0.15, 0.2) is 0 Å². The number of sulfonamides is 1. The van der Waals surface area contributed by atoms with Gasteiger partial charge in [-0.1, -0.05) is 19.3 Å². The van der Waals surface area contributed by atoms with Gasteiger partial charge in [-0.15, -0.1) is 0 Å². The zero-order valence-electron chi connectivity index (χ0n) is 14.1. The number of nitrogens with one attached hydrogen (secondary N) is 1. The highest BCUT2D eigenvalue weighted by atomic mass is 32.2. The van der Waals surface area contributed by atoms with Crippen molar-refractivity contribution in [3.8, 4) is 0 Å². The van der Waals surface area contributed by atoms with Crippen molar-refractivity contribution in [2.24, 2.45) is 5.92 Å². The van der Waals surface area contributed by atoms with E-state index in [0.717, 1.165) is 25.1 Å². The molecule has 3 rings (SSSR count). The van der Waals surface area contributed by atoms with Gasteiger partial charge in [-0.2, -0.15) is 5.10 Å². The summed E-state index contributed by atoms with van der Waals surface area (Å²) in [5.41, 5.74) is 0. The highest BCUT2D eigenvalue weighted by Crippen LogP contribution is 2.30. The molecule has 1 unspecified atom stereocenters. The Bertz CT molecular complexity index is 679. The Morgan fingerprint density at radius 3 is 2.67 bits per heavy atom. The minimum atomic E-state index is -3.24. The topological polar surface area (TPSA) is 84.3 Å². The fourth-order valence-corrected chi connectivity index (χ4v) is 4.63. The number of aromatic nitrogens is 2. The number of amides is 1. The van der Waals surface area contributed by atoms with Crippen molar-refractivity contribution in [1.29, 1.82) is 0 Å². The van der Waals surface area contributed by atoms with E-state index in [1.54, 1.807) is 6.20 Å². The highest BCUT2D eigenvalue weighted by Gasteiger charge is 2.31. The molecular formula is C16H26N4O3S. The fraction of sp³-hybridized carbons (Fsp3) is 0.750. The second-order valence-corrected chi connectivity index (χ2v) is 8.88. The van der Waals surface area contributed by atoms with Gasteiger partial charge in [-0.05, 0) is 25.7 Å². The number of carbonyl (C=O) groups is 1. The lowest BCUT2D eigenvalue weighted by atomic mass is 9.95. The molecule has 1 saturated heterocycles. The van der Waals surface area contributed by atoms with Gasteiger partial charge in [-0.3, -0.25) is 4.79 Å². The van der Waals surface area contributed by atoms with Crippen LogP contribution >= 0.6 is 0 Å². The molecule has 7 nitrogen and oxygen atoms in total. The van der Waals surface area contributed by atoms with Crippen molar-refractivity contribution in [2.45, 2.75) is 51.0 Å². The summed E-state index contributed by atoms with van der Waals surface area (Å²) in [6, 6.07) is 2.17. The van der Waals surface area contributed by atoms with Crippen molar-refractivity contribution >= 4 is 21.7 Å². The summed E-state index contributed by atoms with van der Waals surface area (Å²) >= 11 is 0. The Morgan fingerprint density at radius 2 is 1.96 bits per heavy atom. The van der Waals surface area contributed by atoms with E-state index < -0.39 is 10.0 Å². The van der Waals surface area contributed by atoms with E-state index in [-0.39, 0.29) is 18.4 Å². The van der Waals surface area contributed by atoms with Crippen molar-refractivity contribution in [3.63, 3.8) is 0 Å². The Hall–Kier alpha value is -1.41. The van der Waals surface area contributed by atoms with E-state index in [9.17, 15) is 13.2 Å². The Morgan fingerprint density at radius 1 is 1.21 bits per heavy atom. The van der Waals surface area contributed by atoms with Crippen molar-refractivity contribution < 1.29 is 13.2 Å².